The number of benzene rings is 1. The summed E-state index contributed by atoms with van der Waals surface area (Å²) in [6.45, 7) is 2.71. The minimum Gasteiger partial charge on any atom is -0.351 e. The molecule has 2 aromatic rings. The summed E-state index contributed by atoms with van der Waals surface area (Å²) in [6, 6.07) is 9.97. The van der Waals surface area contributed by atoms with E-state index >= 15 is 0 Å². The van der Waals surface area contributed by atoms with Crippen molar-refractivity contribution in [3.8, 4) is 0 Å². The molecular formula is C16H21N3O. The molecule has 1 aromatic heterocycles. The molecule has 2 N–H and O–H groups in total. The van der Waals surface area contributed by atoms with Crippen molar-refractivity contribution in [3.63, 3.8) is 0 Å². The van der Waals surface area contributed by atoms with Crippen LogP contribution in [0.4, 0.5) is 0 Å². The van der Waals surface area contributed by atoms with Crippen molar-refractivity contribution in [2.24, 2.45) is 5.92 Å². The zero-order valence-corrected chi connectivity index (χ0v) is 11.9. The van der Waals surface area contributed by atoms with E-state index in [-0.39, 0.29) is 5.91 Å². The van der Waals surface area contributed by atoms with Crippen molar-refractivity contribution in [2.75, 3.05) is 26.7 Å². The summed E-state index contributed by atoms with van der Waals surface area (Å²) in [6.07, 6.45) is 2.30. The topological polar surface area (TPSA) is 48.1 Å². The number of aromatic nitrogens is 1. The maximum absolute atomic E-state index is 12.6. The van der Waals surface area contributed by atoms with E-state index in [9.17, 15) is 4.79 Å². The number of aromatic amines is 1. The first kappa shape index (κ1) is 13.2. The number of hydrogen-bond donors (Lipinski definition) is 2. The number of amides is 1. The first-order valence-corrected chi connectivity index (χ1v) is 7.29. The molecule has 2 heterocycles. The van der Waals surface area contributed by atoms with Crippen LogP contribution in [0, 0.1) is 5.92 Å². The maximum atomic E-state index is 12.6. The third-order valence-corrected chi connectivity index (χ3v) is 4.06. The van der Waals surface area contributed by atoms with Crippen LogP contribution in [0.2, 0.25) is 0 Å². The van der Waals surface area contributed by atoms with Gasteiger partial charge in [0.05, 0.1) is 0 Å². The SMILES string of the molecule is CNCC1CCCN(C(=O)c2cc3ccccc3[nH]2)C1. The van der Waals surface area contributed by atoms with E-state index < -0.39 is 0 Å². The van der Waals surface area contributed by atoms with E-state index in [2.05, 4.69) is 10.3 Å². The van der Waals surface area contributed by atoms with Gasteiger partial charge in [-0.05, 0) is 44.5 Å². The number of nitrogens with zero attached hydrogens (tertiary/aromatic N) is 1. The molecule has 4 heteroatoms. The lowest BCUT2D eigenvalue weighted by Gasteiger charge is -2.32. The lowest BCUT2D eigenvalue weighted by Crippen LogP contribution is -2.42. The molecular weight excluding hydrogens is 250 g/mol. The molecule has 1 aromatic carbocycles. The highest BCUT2D eigenvalue weighted by Crippen LogP contribution is 2.20. The van der Waals surface area contributed by atoms with Crippen LogP contribution in [0.15, 0.2) is 30.3 Å². The van der Waals surface area contributed by atoms with Gasteiger partial charge in [-0.3, -0.25) is 4.79 Å². The van der Waals surface area contributed by atoms with Crippen molar-refractivity contribution < 1.29 is 4.79 Å². The van der Waals surface area contributed by atoms with E-state index in [1.54, 1.807) is 0 Å². The Balaban J connectivity index is 1.77. The molecule has 1 unspecified atom stereocenters. The number of rotatable bonds is 3. The number of hydrogen-bond acceptors (Lipinski definition) is 2. The molecule has 3 rings (SSSR count). The van der Waals surface area contributed by atoms with Crippen molar-refractivity contribution >= 4 is 16.8 Å². The predicted octanol–water partition coefficient (Wildman–Crippen LogP) is 2.24. The Labute approximate surface area is 119 Å². The summed E-state index contributed by atoms with van der Waals surface area (Å²) >= 11 is 0. The fourth-order valence-electron chi connectivity index (χ4n) is 3.06. The third kappa shape index (κ3) is 2.56. The lowest BCUT2D eigenvalue weighted by molar-refractivity contribution is 0.0669. The second kappa shape index (κ2) is 5.67. The van der Waals surface area contributed by atoms with Gasteiger partial charge in [0, 0.05) is 24.0 Å². The quantitative estimate of drug-likeness (QED) is 0.899. The maximum Gasteiger partial charge on any atom is 0.270 e. The molecule has 1 aliphatic heterocycles. The van der Waals surface area contributed by atoms with E-state index in [0.29, 0.717) is 11.6 Å². The largest absolute Gasteiger partial charge is 0.351 e. The van der Waals surface area contributed by atoms with Crippen LogP contribution >= 0.6 is 0 Å². The van der Waals surface area contributed by atoms with Gasteiger partial charge in [0.1, 0.15) is 5.69 Å². The molecule has 1 aliphatic rings. The van der Waals surface area contributed by atoms with Crippen molar-refractivity contribution in [2.45, 2.75) is 12.8 Å². The van der Waals surface area contributed by atoms with Crippen LogP contribution in [-0.2, 0) is 0 Å². The van der Waals surface area contributed by atoms with Crippen LogP contribution in [0.1, 0.15) is 23.3 Å². The molecule has 20 heavy (non-hydrogen) atoms. The molecule has 1 atom stereocenters. The summed E-state index contributed by atoms with van der Waals surface area (Å²) < 4.78 is 0. The fourth-order valence-corrected chi connectivity index (χ4v) is 3.06. The Bertz CT molecular complexity index is 570. The number of fused-ring (bicyclic) bond motifs is 1. The standard InChI is InChI=1S/C16H21N3O/c1-17-10-12-5-4-8-19(11-12)16(20)15-9-13-6-2-3-7-14(13)18-15/h2-3,6-7,9,12,17-18H,4-5,8,10-11H2,1H3. The first-order chi connectivity index (χ1) is 9.78. The van der Waals surface area contributed by atoms with Crippen LogP contribution in [0.25, 0.3) is 10.9 Å². The molecule has 0 saturated carbocycles. The van der Waals surface area contributed by atoms with Crippen LogP contribution < -0.4 is 5.32 Å². The lowest BCUT2D eigenvalue weighted by atomic mass is 9.98. The highest BCUT2D eigenvalue weighted by Gasteiger charge is 2.24. The smallest absolute Gasteiger partial charge is 0.270 e. The van der Waals surface area contributed by atoms with Crippen molar-refractivity contribution in [1.29, 1.82) is 0 Å². The molecule has 106 valence electrons. The average molecular weight is 271 g/mol. The van der Waals surface area contributed by atoms with E-state index in [1.807, 2.05) is 42.3 Å². The summed E-state index contributed by atoms with van der Waals surface area (Å²) in [4.78, 5) is 17.8. The van der Waals surface area contributed by atoms with Gasteiger partial charge in [-0.25, -0.2) is 0 Å². The number of carbonyl (C=O) groups is 1. The monoisotopic (exact) mass is 271 g/mol. The summed E-state index contributed by atoms with van der Waals surface area (Å²) in [5.74, 6) is 0.698. The molecule has 0 aliphatic carbocycles. The number of carbonyl (C=O) groups excluding carboxylic acids is 1. The zero-order valence-electron chi connectivity index (χ0n) is 11.9. The van der Waals surface area contributed by atoms with Gasteiger partial charge in [0.25, 0.3) is 5.91 Å². The number of nitrogens with one attached hydrogen (secondary N) is 2. The minimum atomic E-state index is 0.127. The molecule has 0 bridgehead atoms. The Kier molecular flexibility index (Phi) is 3.74. The van der Waals surface area contributed by atoms with E-state index in [4.69, 9.17) is 0 Å². The normalized spacial score (nSPS) is 19.4. The van der Waals surface area contributed by atoms with Gasteiger partial charge in [0.15, 0.2) is 0 Å². The second-order valence-electron chi connectivity index (χ2n) is 5.59. The van der Waals surface area contributed by atoms with Gasteiger partial charge in [-0.1, -0.05) is 18.2 Å². The Morgan fingerprint density at radius 3 is 3.10 bits per heavy atom. The Morgan fingerprint density at radius 1 is 1.45 bits per heavy atom. The van der Waals surface area contributed by atoms with Crippen LogP contribution in [0.3, 0.4) is 0 Å². The van der Waals surface area contributed by atoms with E-state index in [1.165, 1.54) is 6.42 Å². The van der Waals surface area contributed by atoms with Crippen molar-refractivity contribution in [3.05, 3.63) is 36.0 Å². The highest BCUT2D eigenvalue weighted by molar-refractivity contribution is 5.98. The molecule has 4 nitrogen and oxygen atoms in total. The van der Waals surface area contributed by atoms with Crippen molar-refractivity contribution in [1.82, 2.24) is 15.2 Å². The molecule has 1 saturated heterocycles. The third-order valence-electron chi connectivity index (χ3n) is 4.06. The van der Waals surface area contributed by atoms with Crippen LogP contribution in [0.5, 0.6) is 0 Å². The van der Waals surface area contributed by atoms with E-state index in [0.717, 1.165) is 37.0 Å². The molecule has 1 fully saturated rings. The summed E-state index contributed by atoms with van der Waals surface area (Å²) in [7, 11) is 1.97. The number of H-pyrrole nitrogens is 1. The highest BCUT2D eigenvalue weighted by atomic mass is 16.2. The summed E-state index contributed by atoms with van der Waals surface area (Å²) in [5, 5.41) is 4.31. The Hall–Kier alpha value is -1.81. The number of piperidine rings is 1. The number of para-hydroxylation sites is 1. The van der Waals surface area contributed by atoms with Gasteiger partial charge >= 0.3 is 0 Å². The first-order valence-electron chi connectivity index (χ1n) is 7.29. The average Bonchev–Trinajstić information content (AvgIpc) is 2.91. The predicted molar refractivity (Wildman–Crippen MR) is 80.9 cm³/mol. The zero-order chi connectivity index (χ0) is 13.9. The van der Waals surface area contributed by atoms with Gasteiger partial charge in [-0.2, -0.15) is 0 Å². The molecule has 0 spiro atoms. The van der Waals surface area contributed by atoms with Crippen LogP contribution in [-0.4, -0.2) is 42.5 Å². The van der Waals surface area contributed by atoms with Gasteiger partial charge < -0.3 is 15.2 Å². The number of likely N-dealkylation sites (tertiary alicyclic amines) is 1. The molecule has 0 radical (unpaired) electrons. The minimum absolute atomic E-state index is 0.127. The van der Waals surface area contributed by atoms with Gasteiger partial charge in [-0.15, -0.1) is 0 Å². The second-order valence-corrected chi connectivity index (χ2v) is 5.59. The fraction of sp³-hybridized carbons (Fsp3) is 0.438. The summed E-state index contributed by atoms with van der Waals surface area (Å²) in [5.41, 5.74) is 1.73. The Morgan fingerprint density at radius 2 is 2.30 bits per heavy atom. The molecule has 1 amide bonds. The van der Waals surface area contributed by atoms with Gasteiger partial charge in [0.2, 0.25) is 0 Å².